The summed E-state index contributed by atoms with van der Waals surface area (Å²) in [5.74, 6) is 1.54. The third-order valence-corrected chi connectivity index (χ3v) is 7.60. The molecule has 0 spiro atoms. The molecule has 0 unspecified atom stereocenters. The number of nitrogens with zero attached hydrogens (tertiary/aromatic N) is 5. The van der Waals surface area contributed by atoms with Gasteiger partial charge in [0, 0.05) is 26.2 Å². The van der Waals surface area contributed by atoms with Gasteiger partial charge in [-0.3, -0.25) is 4.90 Å². The molecular weight excluding hydrogens is 466 g/mol. The number of rotatable bonds is 7. The molecule has 0 atom stereocenters. The Morgan fingerprint density at radius 2 is 1.73 bits per heavy atom. The van der Waals surface area contributed by atoms with Crippen LogP contribution in [0.3, 0.4) is 0 Å². The van der Waals surface area contributed by atoms with Crippen LogP contribution < -0.4 is 15.8 Å². The number of hydrogen-bond donors (Lipinski definition) is 2. The summed E-state index contributed by atoms with van der Waals surface area (Å²) >= 11 is 6.11. The molecule has 3 N–H and O–H groups in total. The maximum absolute atomic E-state index is 12.9. The number of para-hydroxylation sites is 2. The highest BCUT2D eigenvalue weighted by Crippen LogP contribution is 2.27. The number of piperazine rings is 1. The Bertz CT molecular complexity index is 1230. The lowest BCUT2D eigenvalue weighted by molar-refractivity contribution is 0.178. The van der Waals surface area contributed by atoms with Crippen molar-refractivity contribution in [2.24, 2.45) is 0 Å². The number of anilines is 3. The van der Waals surface area contributed by atoms with E-state index in [4.69, 9.17) is 22.1 Å². The third kappa shape index (κ3) is 5.33. The SMILES string of the molecule is COc1ccccc1Nc1nc(N)nc(CN2CCN(S(=O)(=O)c3ccccc3Cl)CC2)n1. The fraction of sp³-hybridized carbons (Fsp3) is 0.286. The number of methoxy groups -OCH3 is 1. The second kappa shape index (κ2) is 9.87. The van der Waals surface area contributed by atoms with Gasteiger partial charge in [-0.25, -0.2) is 8.42 Å². The van der Waals surface area contributed by atoms with Crippen molar-refractivity contribution in [2.75, 3.05) is 44.3 Å². The fourth-order valence-electron chi connectivity index (χ4n) is 3.55. The molecule has 0 aliphatic carbocycles. The molecule has 12 heteroatoms. The number of nitrogens with two attached hydrogens (primary N) is 1. The fourth-order valence-corrected chi connectivity index (χ4v) is 5.47. The smallest absolute Gasteiger partial charge is 0.244 e. The van der Waals surface area contributed by atoms with Gasteiger partial charge < -0.3 is 15.8 Å². The van der Waals surface area contributed by atoms with E-state index in [2.05, 4.69) is 25.2 Å². The van der Waals surface area contributed by atoms with Crippen molar-refractivity contribution in [3.8, 4) is 5.75 Å². The van der Waals surface area contributed by atoms with Crippen LogP contribution in [0.4, 0.5) is 17.6 Å². The monoisotopic (exact) mass is 489 g/mol. The number of ether oxygens (including phenoxy) is 1. The molecule has 0 amide bonds. The van der Waals surface area contributed by atoms with Crippen LogP contribution in [0.2, 0.25) is 5.02 Å². The topological polar surface area (TPSA) is 127 Å². The van der Waals surface area contributed by atoms with Gasteiger partial charge in [0.15, 0.2) is 0 Å². The average Bonchev–Trinajstić information content (AvgIpc) is 2.79. The number of halogens is 1. The third-order valence-electron chi connectivity index (χ3n) is 5.20. The minimum atomic E-state index is -3.65. The predicted octanol–water partition coefficient (Wildman–Crippen LogP) is 2.37. The van der Waals surface area contributed by atoms with E-state index in [1.165, 1.54) is 10.4 Å². The Morgan fingerprint density at radius 3 is 2.45 bits per heavy atom. The van der Waals surface area contributed by atoms with Gasteiger partial charge in [-0.2, -0.15) is 19.3 Å². The number of hydrogen-bond acceptors (Lipinski definition) is 9. The van der Waals surface area contributed by atoms with Crippen molar-refractivity contribution in [3.63, 3.8) is 0 Å². The minimum Gasteiger partial charge on any atom is -0.495 e. The number of sulfonamides is 1. The summed E-state index contributed by atoms with van der Waals surface area (Å²) in [5.41, 5.74) is 6.60. The molecule has 1 aliphatic heterocycles. The van der Waals surface area contributed by atoms with Gasteiger partial charge >= 0.3 is 0 Å². The Hall–Kier alpha value is -2.99. The van der Waals surface area contributed by atoms with E-state index in [-0.39, 0.29) is 15.9 Å². The molecule has 1 saturated heterocycles. The summed E-state index contributed by atoms with van der Waals surface area (Å²) in [6.45, 7) is 2.11. The zero-order valence-electron chi connectivity index (χ0n) is 18.0. The van der Waals surface area contributed by atoms with Crippen molar-refractivity contribution >= 4 is 39.2 Å². The van der Waals surface area contributed by atoms with Crippen molar-refractivity contribution in [1.29, 1.82) is 0 Å². The Labute approximate surface area is 197 Å². The summed E-state index contributed by atoms with van der Waals surface area (Å²) in [7, 11) is -2.07. The van der Waals surface area contributed by atoms with E-state index >= 15 is 0 Å². The van der Waals surface area contributed by atoms with Gasteiger partial charge in [-0.1, -0.05) is 35.9 Å². The minimum absolute atomic E-state index is 0.0948. The molecule has 4 rings (SSSR count). The summed E-state index contributed by atoms with van der Waals surface area (Å²) in [6, 6.07) is 13.9. The second-order valence-corrected chi connectivity index (χ2v) is 9.68. The zero-order valence-corrected chi connectivity index (χ0v) is 19.6. The molecule has 1 aliphatic rings. The molecule has 2 aromatic carbocycles. The van der Waals surface area contributed by atoms with Crippen molar-refractivity contribution in [2.45, 2.75) is 11.4 Å². The lowest BCUT2D eigenvalue weighted by Crippen LogP contribution is -2.48. The van der Waals surface area contributed by atoms with Crippen LogP contribution in [0.25, 0.3) is 0 Å². The predicted molar refractivity (Wildman–Crippen MR) is 126 cm³/mol. The summed E-state index contributed by atoms with van der Waals surface area (Å²) in [5, 5.41) is 3.32. The highest BCUT2D eigenvalue weighted by atomic mass is 35.5. The van der Waals surface area contributed by atoms with Crippen LogP contribution in [-0.4, -0.2) is 65.9 Å². The number of benzene rings is 2. The first-order valence-electron chi connectivity index (χ1n) is 10.2. The molecule has 2 heterocycles. The van der Waals surface area contributed by atoms with Crippen molar-refractivity contribution in [3.05, 3.63) is 59.4 Å². The summed E-state index contributed by atoms with van der Waals surface area (Å²) in [4.78, 5) is 15.0. The van der Waals surface area contributed by atoms with Gasteiger partial charge in [0.25, 0.3) is 0 Å². The van der Waals surface area contributed by atoms with Crippen LogP contribution in [0.1, 0.15) is 5.82 Å². The molecule has 0 bridgehead atoms. The van der Waals surface area contributed by atoms with Gasteiger partial charge in [-0.15, -0.1) is 0 Å². The summed E-state index contributed by atoms with van der Waals surface area (Å²) < 4.78 is 32.7. The Kier molecular flexibility index (Phi) is 6.94. The first-order valence-corrected chi connectivity index (χ1v) is 12.1. The van der Waals surface area contributed by atoms with Gasteiger partial charge in [0.05, 0.1) is 24.4 Å². The Morgan fingerprint density at radius 1 is 1.03 bits per heavy atom. The lowest BCUT2D eigenvalue weighted by Gasteiger charge is -2.33. The van der Waals surface area contributed by atoms with Crippen LogP contribution in [0.15, 0.2) is 53.4 Å². The van der Waals surface area contributed by atoms with E-state index in [1.807, 2.05) is 24.3 Å². The molecule has 3 aromatic rings. The van der Waals surface area contributed by atoms with Crippen LogP contribution in [0.5, 0.6) is 5.75 Å². The van der Waals surface area contributed by atoms with Gasteiger partial charge in [-0.05, 0) is 24.3 Å². The quantitative estimate of drug-likeness (QED) is 0.514. The molecule has 33 heavy (non-hydrogen) atoms. The largest absolute Gasteiger partial charge is 0.495 e. The highest BCUT2D eigenvalue weighted by molar-refractivity contribution is 7.89. The van der Waals surface area contributed by atoms with E-state index in [1.54, 1.807) is 25.3 Å². The van der Waals surface area contributed by atoms with E-state index < -0.39 is 10.0 Å². The van der Waals surface area contributed by atoms with Gasteiger partial charge in [0.2, 0.25) is 21.9 Å². The average molecular weight is 490 g/mol. The molecule has 10 nitrogen and oxygen atoms in total. The van der Waals surface area contributed by atoms with E-state index in [0.717, 1.165) is 0 Å². The maximum Gasteiger partial charge on any atom is 0.244 e. The molecule has 0 saturated carbocycles. The molecule has 0 radical (unpaired) electrons. The molecule has 174 valence electrons. The Balaban J connectivity index is 1.42. The van der Waals surface area contributed by atoms with Crippen LogP contribution in [-0.2, 0) is 16.6 Å². The first kappa shape index (κ1) is 23.2. The summed E-state index contributed by atoms with van der Waals surface area (Å²) in [6.07, 6.45) is 0. The normalized spacial score (nSPS) is 15.3. The first-order chi connectivity index (χ1) is 15.9. The highest BCUT2D eigenvalue weighted by Gasteiger charge is 2.30. The molecular formula is C21H24ClN7O3S. The van der Waals surface area contributed by atoms with E-state index in [0.29, 0.717) is 55.9 Å². The maximum atomic E-state index is 12.9. The van der Waals surface area contributed by atoms with Crippen molar-refractivity contribution < 1.29 is 13.2 Å². The number of aromatic nitrogens is 3. The molecule has 1 aromatic heterocycles. The second-order valence-electron chi connectivity index (χ2n) is 7.37. The van der Waals surface area contributed by atoms with Crippen LogP contribution >= 0.6 is 11.6 Å². The van der Waals surface area contributed by atoms with Gasteiger partial charge in [0.1, 0.15) is 16.5 Å². The lowest BCUT2D eigenvalue weighted by atomic mass is 10.3. The van der Waals surface area contributed by atoms with Crippen molar-refractivity contribution in [1.82, 2.24) is 24.2 Å². The standard InChI is InChI=1S/C21H24ClN7O3S/c1-32-17-8-4-3-7-16(17)24-21-26-19(25-20(23)27-21)14-28-10-12-29(13-11-28)33(30,31)18-9-5-2-6-15(18)22/h2-9H,10-14H2,1H3,(H3,23,24,25,26,27). The number of nitrogens with one attached hydrogen (secondary N) is 1. The molecule has 1 fully saturated rings. The zero-order chi connectivity index (χ0) is 23.4. The van der Waals surface area contributed by atoms with E-state index in [9.17, 15) is 8.42 Å². The van der Waals surface area contributed by atoms with Crippen LogP contribution in [0, 0.1) is 0 Å². The number of nitrogen functional groups attached to an aromatic ring is 1.